The minimum absolute atomic E-state index is 0.578. The van der Waals surface area contributed by atoms with Gasteiger partial charge in [-0.3, -0.25) is 4.68 Å². The Morgan fingerprint density at radius 2 is 2.38 bits per heavy atom. The first-order chi connectivity index (χ1) is 6.33. The van der Waals surface area contributed by atoms with E-state index in [-0.39, 0.29) is 0 Å². The van der Waals surface area contributed by atoms with Crippen LogP contribution in [0.3, 0.4) is 0 Å². The van der Waals surface area contributed by atoms with Crippen molar-refractivity contribution in [1.82, 2.24) is 9.78 Å². The molecular formula is C9H17N3O. The van der Waals surface area contributed by atoms with Gasteiger partial charge in [0.1, 0.15) is 5.82 Å². The third-order valence-electron chi connectivity index (χ3n) is 1.69. The van der Waals surface area contributed by atoms with Crippen molar-refractivity contribution in [3.05, 3.63) is 12.3 Å². The van der Waals surface area contributed by atoms with Gasteiger partial charge < -0.3 is 10.5 Å². The van der Waals surface area contributed by atoms with E-state index in [2.05, 4.69) is 12.0 Å². The number of nitrogens with two attached hydrogens (primary N) is 1. The molecular weight excluding hydrogens is 166 g/mol. The SMILES string of the molecule is CCCOCCCn1ccc(N)n1. The molecule has 2 N–H and O–H groups in total. The average molecular weight is 183 g/mol. The highest BCUT2D eigenvalue weighted by Crippen LogP contribution is 1.97. The van der Waals surface area contributed by atoms with E-state index in [4.69, 9.17) is 10.5 Å². The maximum absolute atomic E-state index is 5.47. The lowest BCUT2D eigenvalue weighted by Crippen LogP contribution is -2.04. The van der Waals surface area contributed by atoms with Crippen LogP contribution in [0.2, 0.25) is 0 Å². The van der Waals surface area contributed by atoms with E-state index in [0.29, 0.717) is 5.82 Å². The summed E-state index contributed by atoms with van der Waals surface area (Å²) >= 11 is 0. The topological polar surface area (TPSA) is 53.1 Å². The van der Waals surface area contributed by atoms with Crippen LogP contribution in [0.5, 0.6) is 0 Å². The molecule has 0 bridgehead atoms. The summed E-state index contributed by atoms with van der Waals surface area (Å²) in [6.45, 7) is 4.63. The minimum Gasteiger partial charge on any atom is -0.382 e. The molecule has 4 nitrogen and oxygen atoms in total. The summed E-state index contributed by atoms with van der Waals surface area (Å²) in [4.78, 5) is 0. The molecule has 0 unspecified atom stereocenters. The highest BCUT2D eigenvalue weighted by molar-refractivity contribution is 5.23. The Balaban J connectivity index is 2.06. The first-order valence-electron chi connectivity index (χ1n) is 4.69. The summed E-state index contributed by atoms with van der Waals surface area (Å²) in [7, 11) is 0. The van der Waals surface area contributed by atoms with Crippen molar-refractivity contribution in [2.75, 3.05) is 18.9 Å². The molecule has 1 aromatic heterocycles. The maximum Gasteiger partial charge on any atom is 0.145 e. The molecule has 0 saturated carbocycles. The number of rotatable bonds is 6. The molecule has 0 fully saturated rings. The fraction of sp³-hybridized carbons (Fsp3) is 0.667. The molecule has 0 aliphatic rings. The van der Waals surface area contributed by atoms with E-state index >= 15 is 0 Å². The first kappa shape index (κ1) is 10.1. The highest BCUT2D eigenvalue weighted by atomic mass is 16.5. The van der Waals surface area contributed by atoms with Gasteiger partial charge in [-0.1, -0.05) is 6.92 Å². The first-order valence-corrected chi connectivity index (χ1v) is 4.69. The number of hydrogen-bond acceptors (Lipinski definition) is 3. The van der Waals surface area contributed by atoms with Crippen molar-refractivity contribution in [2.45, 2.75) is 26.3 Å². The number of nitrogens with zero attached hydrogens (tertiary/aromatic N) is 2. The second kappa shape index (κ2) is 5.59. The zero-order valence-corrected chi connectivity index (χ0v) is 8.07. The smallest absolute Gasteiger partial charge is 0.145 e. The second-order valence-corrected chi connectivity index (χ2v) is 2.97. The number of hydrogen-bond donors (Lipinski definition) is 1. The average Bonchev–Trinajstić information content (AvgIpc) is 2.51. The van der Waals surface area contributed by atoms with Crippen LogP contribution in [0, 0.1) is 0 Å². The molecule has 0 amide bonds. The van der Waals surface area contributed by atoms with Crippen LogP contribution in [0.1, 0.15) is 19.8 Å². The Kier molecular flexibility index (Phi) is 4.32. The quantitative estimate of drug-likeness (QED) is 0.676. The van der Waals surface area contributed by atoms with Gasteiger partial charge in [0.25, 0.3) is 0 Å². The van der Waals surface area contributed by atoms with Crippen LogP contribution >= 0.6 is 0 Å². The van der Waals surface area contributed by atoms with Crippen molar-refractivity contribution < 1.29 is 4.74 Å². The number of aromatic nitrogens is 2. The Bertz CT molecular complexity index is 235. The lowest BCUT2D eigenvalue weighted by molar-refractivity contribution is 0.128. The third-order valence-corrected chi connectivity index (χ3v) is 1.69. The van der Waals surface area contributed by atoms with Gasteiger partial charge in [-0.2, -0.15) is 5.10 Å². The molecule has 0 spiro atoms. The predicted octanol–water partition coefficient (Wildman–Crippen LogP) is 1.28. The zero-order valence-electron chi connectivity index (χ0n) is 8.07. The van der Waals surface area contributed by atoms with Gasteiger partial charge in [-0.15, -0.1) is 0 Å². The molecule has 1 rings (SSSR count). The second-order valence-electron chi connectivity index (χ2n) is 2.97. The number of aryl methyl sites for hydroxylation is 1. The minimum atomic E-state index is 0.578. The summed E-state index contributed by atoms with van der Waals surface area (Å²) in [5.74, 6) is 0.578. The fourth-order valence-electron chi connectivity index (χ4n) is 1.08. The van der Waals surface area contributed by atoms with E-state index < -0.39 is 0 Å². The van der Waals surface area contributed by atoms with Crippen LogP contribution in [0.4, 0.5) is 5.82 Å². The molecule has 13 heavy (non-hydrogen) atoms. The normalized spacial score (nSPS) is 10.5. The van der Waals surface area contributed by atoms with E-state index in [0.717, 1.165) is 32.6 Å². The highest BCUT2D eigenvalue weighted by Gasteiger charge is 1.93. The number of ether oxygens (including phenoxy) is 1. The zero-order chi connectivity index (χ0) is 9.52. The van der Waals surface area contributed by atoms with Gasteiger partial charge in [0, 0.05) is 26.0 Å². The number of anilines is 1. The van der Waals surface area contributed by atoms with Gasteiger partial charge in [-0.25, -0.2) is 0 Å². The van der Waals surface area contributed by atoms with Gasteiger partial charge in [0.2, 0.25) is 0 Å². The van der Waals surface area contributed by atoms with Gasteiger partial charge in [-0.05, 0) is 18.9 Å². The van der Waals surface area contributed by atoms with Crippen LogP contribution in [-0.4, -0.2) is 23.0 Å². The van der Waals surface area contributed by atoms with E-state index in [9.17, 15) is 0 Å². The fourth-order valence-corrected chi connectivity index (χ4v) is 1.08. The van der Waals surface area contributed by atoms with E-state index in [1.54, 1.807) is 6.07 Å². The van der Waals surface area contributed by atoms with Crippen molar-refractivity contribution in [3.8, 4) is 0 Å². The standard InChI is InChI=1S/C9H17N3O/c1-2-7-13-8-3-5-12-6-4-9(10)11-12/h4,6H,2-3,5,7-8H2,1H3,(H2,10,11). The molecule has 4 heteroatoms. The van der Waals surface area contributed by atoms with Gasteiger partial charge in [0.15, 0.2) is 0 Å². The Hall–Kier alpha value is -1.03. The van der Waals surface area contributed by atoms with Gasteiger partial charge >= 0.3 is 0 Å². The van der Waals surface area contributed by atoms with Gasteiger partial charge in [0.05, 0.1) is 0 Å². The molecule has 1 heterocycles. The largest absolute Gasteiger partial charge is 0.382 e. The Morgan fingerprint density at radius 3 is 3.00 bits per heavy atom. The summed E-state index contributed by atoms with van der Waals surface area (Å²) in [6, 6.07) is 1.80. The molecule has 0 saturated heterocycles. The van der Waals surface area contributed by atoms with Crippen molar-refractivity contribution in [1.29, 1.82) is 0 Å². The van der Waals surface area contributed by atoms with Crippen LogP contribution < -0.4 is 5.73 Å². The molecule has 0 aliphatic heterocycles. The molecule has 0 atom stereocenters. The van der Waals surface area contributed by atoms with E-state index in [1.807, 2.05) is 10.9 Å². The van der Waals surface area contributed by atoms with Crippen LogP contribution in [-0.2, 0) is 11.3 Å². The lowest BCUT2D eigenvalue weighted by atomic mass is 10.4. The Morgan fingerprint density at radius 1 is 1.54 bits per heavy atom. The van der Waals surface area contributed by atoms with Crippen molar-refractivity contribution in [2.24, 2.45) is 0 Å². The molecule has 0 aromatic carbocycles. The molecule has 1 aromatic rings. The summed E-state index contributed by atoms with van der Waals surface area (Å²) in [5.41, 5.74) is 5.47. The van der Waals surface area contributed by atoms with E-state index in [1.165, 1.54) is 0 Å². The summed E-state index contributed by atoms with van der Waals surface area (Å²) in [6.07, 6.45) is 3.95. The molecule has 0 aliphatic carbocycles. The van der Waals surface area contributed by atoms with Crippen molar-refractivity contribution in [3.63, 3.8) is 0 Å². The maximum atomic E-state index is 5.47. The van der Waals surface area contributed by atoms with Crippen LogP contribution in [0.25, 0.3) is 0 Å². The Labute approximate surface area is 78.7 Å². The molecule has 0 radical (unpaired) electrons. The molecule has 74 valence electrons. The third kappa shape index (κ3) is 3.94. The monoisotopic (exact) mass is 183 g/mol. The summed E-state index contributed by atoms with van der Waals surface area (Å²) < 4.78 is 7.18. The lowest BCUT2D eigenvalue weighted by Gasteiger charge is -2.02. The summed E-state index contributed by atoms with van der Waals surface area (Å²) in [5, 5.41) is 4.07. The van der Waals surface area contributed by atoms with Crippen LogP contribution in [0.15, 0.2) is 12.3 Å². The van der Waals surface area contributed by atoms with Crippen molar-refractivity contribution >= 4 is 5.82 Å². The number of nitrogen functional groups attached to an aromatic ring is 1. The predicted molar refractivity (Wildman–Crippen MR) is 52.4 cm³/mol.